The average molecular weight is 243 g/mol. The molecule has 0 aromatic heterocycles. The molecular weight excluding hydrogens is 230 g/mol. The molecule has 2 rings (SSSR count). The van der Waals surface area contributed by atoms with Crippen molar-refractivity contribution in [1.29, 1.82) is 0 Å². The third kappa shape index (κ3) is 2.18. The first-order chi connectivity index (χ1) is 8.63. The monoisotopic (exact) mass is 243 g/mol. The molecule has 18 heavy (non-hydrogen) atoms. The average Bonchev–Trinajstić information content (AvgIpc) is 2.37. The Morgan fingerprint density at radius 2 is 1.78 bits per heavy atom. The molecule has 0 spiro atoms. The van der Waals surface area contributed by atoms with Crippen LogP contribution in [0.2, 0.25) is 0 Å². The Balaban J connectivity index is 2.27. The highest BCUT2D eigenvalue weighted by Gasteiger charge is 2.26. The number of benzene rings is 1. The van der Waals surface area contributed by atoms with Crippen molar-refractivity contribution in [3.8, 4) is 0 Å². The summed E-state index contributed by atoms with van der Waals surface area (Å²) < 4.78 is 4.92. The third-order valence-corrected chi connectivity index (χ3v) is 2.68. The molecular formula is C14H13NO3. The topological polar surface area (TPSA) is 55.4 Å². The van der Waals surface area contributed by atoms with Crippen LogP contribution in [0.4, 0.5) is 5.69 Å². The van der Waals surface area contributed by atoms with E-state index in [2.05, 4.69) is 5.32 Å². The molecule has 0 radical (unpaired) electrons. The van der Waals surface area contributed by atoms with Gasteiger partial charge >= 0.3 is 0 Å². The first-order valence-electron chi connectivity index (χ1n) is 5.51. The van der Waals surface area contributed by atoms with Crippen LogP contribution in [0.15, 0.2) is 53.4 Å². The van der Waals surface area contributed by atoms with Crippen molar-refractivity contribution >= 4 is 17.3 Å². The van der Waals surface area contributed by atoms with Gasteiger partial charge in [-0.3, -0.25) is 9.59 Å². The van der Waals surface area contributed by atoms with Gasteiger partial charge in [0.05, 0.1) is 12.8 Å². The number of para-hydroxylation sites is 1. The lowest BCUT2D eigenvalue weighted by molar-refractivity contribution is -0.117. The van der Waals surface area contributed by atoms with Gasteiger partial charge in [0.15, 0.2) is 5.76 Å². The van der Waals surface area contributed by atoms with E-state index >= 15 is 0 Å². The minimum Gasteiger partial charge on any atom is -0.492 e. The summed E-state index contributed by atoms with van der Waals surface area (Å²) in [6.07, 6.45) is 1.27. The van der Waals surface area contributed by atoms with Gasteiger partial charge in [0.25, 0.3) is 0 Å². The van der Waals surface area contributed by atoms with E-state index in [1.54, 1.807) is 6.92 Å². The van der Waals surface area contributed by atoms with Gasteiger partial charge in [0, 0.05) is 17.3 Å². The molecule has 92 valence electrons. The van der Waals surface area contributed by atoms with Gasteiger partial charge in [-0.25, -0.2) is 0 Å². The van der Waals surface area contributed by atoms with Gasteiger partial charge in [-0.05, 0) is 19.1 Å². The van der Waals surface area contributed by atoms with Crippen LogP contribution in [-0.4, -0.2) is 18.7 Å². The largest absolute Gasteiger partial charge is 0.492 e. The van der Waals surface area contributed by atoms with Crippen LogP contribution in [0, 0.1) is 0 Å². The highest BCUT2D eigenvalue weighted by Crippen LogP contribution is 2.21. The molecule has 0 atom stereocenters. The number of Topliss-reactive ketones (excluding diaryl/α,β-unsaturated/α-hetero) is 1. The van der Waals surface area contributed by atoms with Crippen molar-refractivity contribution < 1.29 is 14.3 Å². The maximum absolute atomic E-state index is 12.0. The Hall–Kier alpha value is -2.36. The number of carbonyl (C=O) groups is 2. The maximum Gasteiger partial charge on any atom is 0.222 e. The van der Waals surface area contributed by atoms with Crippen LogP contribution in [0.25, 0.3) is 0 Å². The zero-order valence-electron chi connectivity index (χ0n) is 10.2. The van der Waals surface area contributed by atoms with E-state index in [4.69, 9.17) is 4.74 Å². The summed E-state index contributed by atoms with van der Waals surface area (Å²) >= 11 is 0. The Kier molecular flexibility index (Phi) is 3.28. The minimum atomic E-state index is -0.298. The molecule has 1 aromatic rings. The molecule has 1 N–H and O–H groups in total. The Morgan fingerprint density at radius 3 is 2.39 bits per heavy atom. The van der Waals surface area contributed by atoms with Gasteiger partial charge in [-0.1, -0.05) is 18.2 Å². The number of hydrogen-bond acceptors (Lipinski definition) is 4. The predicted octanol–water partition coefficient (Wildman–Crippen LogP) is 2.05. The second kappa shape index (κ2) is 4.87. The summed E-state index contributed by atoms with van der Waals surface area (Å²) in [7, 11) is 1.38. The number of ether oxygens (including phenoxy) is 1. The summed E-state index contributed by atoms with van der Waals surface area (Å²) in [6, 6.07) is 9.22. The van der Waals surface area contributed by atoms with Crippen LogP contribution in [0.5, 0.6) is 0 Å². The van der Waals surface area contributed by atoms with Crippen LogP contribution in [-0.2, 0) is 14.3 Å². The number of rotatable bonds is 3. The van der Waals surface area contributed by atoms with Crippen molar-refractivity contribution in [3.05, 3.63) is 53.4 Å². The number of carbonyl (C=O) groups excluding carboxylic acids is 2. The molecule has 0 amide bonds. The zero-order valence-corrected chi connectivity index (χ0v) is 10.2. The molecule has 0 aliphatic heterocycles. The fourth-order valence-electron chi connectivity index (χ4n) is 1.78. The Labute approximate surface area is 105 Å². The number of ketones is 2. The van der Waals surface area contributed by atoms with E-state index in [0.717, 1.165) is 5.69 Å². The predicted molar refractivity (Wildman–Crippen MR) is 67.9 cm³/mol. The summed E-state index contributed by atoms with van der Waals surface area (Å²) in [5.41, 5.74) is 1.35. The first-order valence-corrected chi connectivity index (χ1v) is 5.51. The smallest absolute Gasteiger partial charge is 0.222 e. The summed E-state index contributed by atoms with van der Waals surface area (Å²) in [6.45, 7) is 1.58. The molecule has 0 heterocycles. The number of allylic oxidation sites excluding steroid dienone is 2. The number of methoxy groups -OCH3 is 1. The molecule has 4 heteroatoms. The standard InChI is InChI=1S/C14H13NO3/c1-9-13(17)11(8-12(16)14(9)18-2)15-10-6-4-3-5-7-10/h3-8,15H,1-2H3. The van der Waals surface area contributed by atoms with E-state index in [9.17, 15) is 9.59 Å². The van der Waals surface area contributed by atoms with Crippen LogP contribution in [0.1, 0.15) is 6.92 Å². The van der Waals surface area contributed by atoms with Crippen LogP contribution >= 0.6 is 0 Å². The lowest BCUT2D eigenvalue weighted by Crippen LogP contribution is -2.22. The van der Waals surface area contributed by atoms with E-state index in [1.807, 2.05) is 30.3 Å². The number of anilines is 1. The summed E-state index contributed by atoms with van der Waals surface area (Å²) in [5.74, 6) is -0.415. The molecule has 0 bridgehead atoms. The van der Waals surface area contributed by atoms with Crippen LogP contribution < -0.4 is 5.32 Å². The second-order valence-electron chi connectivity index (χ2n) is 3.90. The van der Waals surface area contributed by atoms with Gasteiger partial charge in [-0.2, -0.15) is 0 Å². The van der Waals surface area contributed by atoms with E-state index in [-0.39, 0.29) is 23.0 Å². The summed E-state index contributed by atoms with van der Waals surface area (Å²) in [4.78, 5) is 23.8. The molecule has 1 aliphatic rings. The SMILES string of the molecule is COC1=C(C)C(=O)C(Nc2ccccc2)=CC1=O. The van der Waals surface area contributed by atoms with E-state index in [0.29, 0.717) is 5.57 Å². The molecule has 0 unspecified atom stereocenters. The lowest BCUT2D eigenvalue weighted by Gasteiger charge is -2.16. The van der Waals surface area contributed by atoms with Gasteiger partial charge in [0.2, 0.25) is 11.6 Å². The molecule has 0 saturated heterocycles. The van der Waals surface area contributed by atoms with Crippen molar-refractivity contribution in [1.82, 2.24) is 0 Å². The zero-order chi connectivity index (χ0) is 13.1. The summed E-state index contributed by atoms with van der Waals surface area (Å²) in [5, 5.41) is 2.94. The lowest BCUT2D eigenvalue weighted by atomic mass is 10.00. The van der Waals surface area contributed by atoms with Crippen molar-refractivity contribution in [3.63, 3.8) is 0 Å². The van der Waals surface area contributed by atoms with Crippen molar-refractivity contribution in [2.24, 2.45) is 0 Å². The number of nitrogens with one attached hydrogen (secondary N) is 1. The fraction of sp³-hybridized carbons (Fsp3) is 0.143. The van der Waals surface area contributed by atoms with Gasteiger partial charge < -0.3 is 10.1 Å². The van der Waals surface area contributed by atoms with E-state index < -0.39 is 0 Å². The highest BCUT2D eigenvalue weighted by molar-refractivity contribution is 6.22. The van der Waals surface area contributed by atoms with Gasteiger partial charge in [-0.15, -0.1) is 0 Å². The van der Waals surface area contributed by atoms with Crippen molar-refractivity contribution in [2.45, 2.75) is 6.92 Å². The first kappa shape index (κ1) is 12.1. The molecule has 0 fully saturated rings. The highest BCUT2D eigenvalue weighted by atomic mass is 16.5. The molecule has 4 nitrogen and oxygen atoms in total. The van der Waals surface area contributed by atoms with Crippen molar-refractivity contribution in [2.75, 3.05) is 12.4 Å². The second-order valence-corrected chi connectivity index (χ2v) is 3.90. The molecule has 1 aromatic carbocycles. The molecule has 1 aliphatic carbocycles. The minimum absolute atomic E-state index is 0.110. The van der Waals surface area contributed by atoms with E-state index in [1.165, 1.54) is 13.2 Å². The maximum atomic E-state index is 12.0. The van der Waals surface area contributed by atoms with Gasteiger partial charge in [0.1, 0.15) is 0 Å². The molecule has 0 saturated carbocycles. The van der Waals surface area contributed by atoms with Crippen LogP contribution in [0.3, 0.4) is 0 Å². The fourth-order valence-corrected chi connectivity index (χ4v) is 1.78. The Morgan fingerprint density at radius 1 is 1.11 bits per heavy atom. The third-order valence-electron chi connectivity index (χ3n) is 2.68. The normalized spacial score (nSPS) is 15.6. The Bertz CT molecular complexity index is 556. The number of hydrogen-bond donors (Lipinski definition) is 1. The quantitative estimate of drug-likeness (QED) is 0.825.